The Morgan fingerprint density at radius 1 is 1.14 bits per heavy atom. The van der Waals surface area contributed by atoms with Crippen LogP contribution in [0.3, 0.4) is 0 Å². The number of nitrogens with zero attached hydrogens (tertiary/aromatic N) is 1. The highest BCUT2D eigenvalue weighted by atomic mass is 16.3. The summed E-state index contributed by atoms with van der Waals surface area (Å²) < 4.78 is 5.09. The van der Waals surface area contributed by atoms with E-state index in [4.69, 9.17) is 4.42 Å². The minimum Gasteiger partial charge on any atom is -0.469 e. The summed E-state index contributed by atoms with van der Waals surface area (Å²) in [6.45, 7) is 1.74. The molecule has 0 aliphatic rings. The Kier molecular flexibility index (Phi) is 3.51. The van der Waals surface area contributed by atoms with E-state index >= 15 is 0 Å². The summed E-state index contributed by atoms with van der Waals surface area (Å²) in [6, 6.07) is 15.7. The van der Waals surface area contributed by atoms with Crippen LogP contribution in [0.15, 0.2) is 64.3 Å². The number of carbonyl (C=O) groups is 1. The molecule has 0 unspecified atom stereocenters. The fourth-order valence-corrected chi connectivity index (χ4v) is 2.13. The van der Waals surface area contributed by atoms with Gasteiger partial charge in [0.1, 0.15) is 5.76 Å². The van der Waals surface area contributed by atoms with Gasteiger partial charge in [-0.15, -0.1) is 0 Å². The number of amides is 1. The van der Waals surface area contributed by atoms with Crippen molar-refractivity contribution in [2.45, 2.75) is 6.92 Å². The third kappa shape index (κ3) is 2.84. The van der Waals surface area contributed by atoms with E-state index in [1.54, 1.807) is 19.2 Å². The summed E-state index contributed by atoms with van der Waals surface area (Å²) in [5, 5.41) is 6.29. The molecule has 1 amide bonds. The maximum atomic E-state index is 11.8. The maximum Gasteiger partial charge on any atom is 0.274 e. The zero-order chi connectivity index (χ0) is 14.7. The zero-order valence-corrected chi connectivity index (χ0v) is 11.5. The Labute approximate surface area is 122 Å². The van der Waals surface area contributed by atoms with Crippen LogP contribution < -0.4 is 5.43 Å². The van der Waals surface area contributed by atoms with Crippen molar-refractivity contribution in [1.29, 1.82) is 0 Å². The van der Waals surface area contributed by atoms with Crippen LogP contribution in [0.4, 0.5) is 0 Å². The standard InChI is InChI=1S/C17H14N2O2/c1-12-16(8-9-21-12)17(20)19-18-11-13-6-7-14-4-2-3-5-15(14)10-13/h2-11H,1H3,(H,19,20)/b18-11+. The molecule has 0 bridgehead atoms. The first-order valence-corrected chi connectivity index (χ1v) is 6.60. The highest BCUT2D eigenvalue weighted by molar-refractivity contribution is 5.96. The van der Waals surface area contributed by atoms with E-state index in [9.17, 15) is 4.79 Å². The molecule has 1 N–H and O–H groups in total. The summed E-state index contributed by atoms with van der Waals surface area (Å²) in [4.78, 5) is 11.8. The van der Waals surface area contributed by atoms with Gasteiger partial charge in [0.25, 0.3) is 5.91 Å². The van der Waals surface area contributed by atoms with Gasteiger partial charge in [-0.25, -0.2) is 5.43 Å². The van der Waals surface area contributed by atoms with Gasteiger partial charge in [0.05, 0.1) is 18.0 Å². The molecule has 0 aliphatic heterocycles. The third-order valence-corrected chi connectivity index (χ3v) is 3.26. The second kappa shape index (κ2) is 5.63. The predicted molar refractivity (Wildman–Crippen MR) is 82.5 cm³/mol. The Hall–Kier alpha value is -2.88. The van der Waals surface area contributed by atoms with Gasteiger partial charge in [-0.05, 0) is 35.4 Å². The number of hydrogen-bond acceptors (Lipinski definition) is 3. The summed E-state index contributed by atoms with van der Waals surface area (Å²) in [5.74, 6) is 0.298. The van der Waals surface area contributed by atoms with Crippen LogP contribution in [-0.4, -0.2) is 12.1 Å². The second-order valence-corrected chi connectivity index (χ2v) is 4.70. The number of rotatable bonds is 3. The number of carbonyl (C=O) groups excluding carboxylic acids is 1. The maximum absolute atomic E-state index is 11.8. The Bertz CT molecular complexity index is 818. The molecule has 1 aromatic heterocycles. The lowest BCUT2D eigenvalue weighted by Crippen LogP contribution is -2.17. The molecular formula is C17H14N2O2. The molecule has 1 heterocycles. The molecule has 3 aromatic rings. The number of aryl methyl sites for hydroxylation is 1. The van der Waals surface area contributed by atoms with Crippen molar-refractivity contribution in [1.82, 2.24) is 5.43 Å². The lowest BCUT2D eigenvalue weighted by molar-refractivity contribution is 0.0953. The number of hydrogen-bond donors (Lipinski definition) is 1. The van der Waals surface area contributed by atoms with Crippen LogP contribution in [0, 0.1) is 6.92 Å². The normalized spacial score (nSPS) is 11.1. The van der Waals surface area contributed by atoms with Gasteiger partial charge in [0.15, 0.2) is 0 Å². The SMILES string of the molecule is Cc1occc1C(=O)N/N=C/c1ccc2ccccc2c1. The van der Waals surface area contributed by atoms with Gasteiger partial charge in [0, 0.05) is 0 Å². The molecular weight excluding hydrogens is 264 g/mol. The van der Waals surface area contributed by atoms with Crippen LogP contribution in [0.2, 0.25) is 0 Å². The van der Waals surface area contributed by atoms with Crippen molar-refractivity contribution in [2.75, 3.05) is 0 Å². The van der Waals surface area contributed by atoms with Crippen molar-refractivity contribution >= 4 is 22.9 Å². The van der Waals surface area contributed by atoms with Gasteiger partial charge >= 0.3 is 0 Å². The molecule has 0 aliphatic carbocycles. The van der Waals surface area contributed by atoms with Gasteiger partial charge < -0.3 is 4.42 Å². The van der Waals surface area contributed by atoms with E-state index in [-0.39, 0.29) is 5.91 Å². The molecule has 0 saturated heterocycles. The van der Waals surface area contributed by atoms with Crippen LogP contribution in [0.1, 0.15) is 21.7 Å². The Morgan fingerprint density at radius 3 is 2.71 bits per heavy atom. The first-order chi connectivity index (χ1) is 10.2. The minimum atomic E-state index is -0.279. The van der Waals surface area contributed by atoms with Crippen LogP contribution in [-0.2, 0) is 0 Å². The number of nitrogens with one attached hydrogen (secondary N) is 1. The summed E-state index contributed by atoms with van der Waals surface area (Å²) >= 11 is 0. The van der Waals surface area contributed by atoms with E-state index in [0.717, 1.165) is 10.9 Å². The molecule has 2 aromatic carbocycles. The number of furan rings is 1. The quantitative estimate of drug-likeness (QED) is 0.589. The Balaban J connectivity index is 1.73. The molecule has 0 atom stereocenters. The van der Waals surface area contributed by atoms with Gasteiger partial charge in [-0.3, -0.25) is 4.79 Å². The van der Waals surface area contributed by atoms with Crippen LogP contribution in [0.25, 0.3) is 10.8 Å². The van der Waals surface area contributed by atoms with Crippen molar-refractivity contribution in [3.63, 3.8) is 0 Å². The average Bonchev–Trinajstić information content (AvgIpc) is 2.93. The lowest BCUT2D eigenvalue weighted by atomic mass is 10.1. The number of hydrazone groups is 1. The van der Waals surface area contributed by atoms with Gasteiger partial charge in [-0.2, -0.15) is 5.10 Å². The van der Waals surface area contributed by atoms with E-state index in [0.29, 0.717) is 11.3 Å². The van der Waals surface area contributed by atoms with Gasteiger partial charge in [0.2, 0.25) is 0 Å². The van der Waals surface area contributed by atoms with Crippen LogP contribution in [0.5, 0.6) is 0 Å². The molecule has 3 rings (SSSR count). The average molecular weight is 278 g/mol. The highest BCUT2D eigenvalue weighted by Gasteiger charge is 2.09. The molecule has 21 heavy (non-hydrogen) atoms. The predicted octanol–water partition coefficient (Wildman–Crippen LogP) is 3.51. The summed E-state index contributed by atoms with van der Waals surface area (Å²) in [6.07, 6.45) is 3.11. The summed E-state index contributed by atoms with van der Waals surface area (Å²) in [7, 11) is 0. The van der Waals surface area contributed by atoms with Crippen molar-refractivity contribution < 1.29 is 9.21 Å². The van der Waals surface area contributed by atoms with Gasteiger partial charge in [-0.1, -0.05) is 36.4 Å². The molecule has 0 spiro atoms. The van der Waals surface area contributed by atoms with E-state index in [2.05, 4.69) is 16.6 Å². The van der Waals surface area contributed by atoms with E-state index in [1.165, 1.54) is 11.6 Å². The third-order valence-electron chi connectivity index (χ3n) is 3.26. The smallest absolute Gasteiger partial charge is 0.274 e. The summed E-state index contributed by atoms with van der Waals surface area (Å²) in [5.41, 5.74) is 3.91. The van der Waals surface area contributed by atoms with Crippen molar-refractivity contribution in [3.05, 3.63) is 71.7 Å². The lowest BCUT2D eigenvalue weighted by Gasteiger charge is -2.00. The highest BCUT2D eigenvalue weighted by Crippen LogP contribution is 2.14. The fraction of sp³-hybridized carbons (Fsp3) is 0.0588. The second-order valence-electron chi connectivity index (χ2n) is 4.70. The molecule has 4 nitrogen and oxygen atoms in total. The number of fused-ring (bicyclic) bond motifs is 1. The van der Waals surface area contributed by atoms with Crippen molar-refractivity contribution in [3.8, 4) is 0 Å². The largest absolute Gasteiger partial charge is 0.469 e. The van der Waals surface area contributed by atoms with Crippen LogP contribution >= 0.6 is 0 Å². The van der Waals surface area contributed by atoms with Crippen molar-refractivity contribution in [2.24, 2.45) is 5.10 Å². The minimum absolute atomic E-state index is 0.279. The topological polar surface area (TPSA) is 54.6 Å². The zero-order valence-electron chi connectivity index (χ0n) is 11.5. The van der Waals surface area contributed by atoms with E-state index < -0.39 is 0 Å². The first-order valence-electron chi connectivity index (χ1n) is 6.60. The molecule has 0 saturated carbocycles. The molecule has 4 heteroatoms. The molecule has 0 radical (unpaired) electrons. The number of benzene rings is 2. The fourth-order valence-electron chi connectivity index (χ4n) is 2.13. The monoisotopic (exact) mass is 278 g/mol. The molecule has 104 valence electrons. The molecule has 0 fully saturated rings. The Morgan fingerprint density at radius 2 is 1.95 bits per heavy atom. The van der Waals surface area contributed by atoms with E-state index in [1.807, 2.05) is 36.4 Å². The first kappa shape index (κ1) is 13.1.